The number of halogens is 1. The summed E-state index contributed by atoms with van der Waals surface area (Å²) in [5.41, 5.74) is 2.28. The monoisotopic (exact) mass is 415 g/mol. The number of aromatic nitrogens is 2. The van der Waals surface area contributed by atoms with E-state index in [-0.39, 0.29) is 11.4 Å². The third kappa shape index (κ3) is 3.50. The number of aromatic hydroxyl groups is 1. The van der Waals surface area contributed by atoms with Crippen LogP contribution in [-0.2, 0) is 4.79 Å². The van der Waals surface area contributed by atoms with Gasteiger partial charge in [-0.3, -0.25) is 9.59 Å². The van der Waals surface area contributed by atoms with Gasteiger partial charge in [-0.15, -0.1) is 0 Å². The number of fused-ring (bicyclic) bond motifs is 1. The van der Waals surface area contributed by atoms with Crippen LogP contribution in [0.15, 0.2) is 40.9 Å². The number of carbonyl (C=O) groups is 2. The number of carboxylic acids is 1. The fourth-order valence-electron chi connectivity index (χ4n) is 2.53. The molecular weight excluding hydrogens is 402 g/mol. The minimum Gasteiger partial charge on any atom is -0.505 e. The molecule has 7 nitrogen and oxygen atoms in total. The molecule has 0 radical (unpaired) electrons. The maximum atomic E-state index is 12.1. The molecule has 0 saturated heterocycles. The van der Waals surface area contributed by atoms with E-state index in [4.69, 9.17) is 5.11 Å². The summed E-state index contributed by atoms with van der Waals surface area (Å²) in [7, 11) is 0. The molecule has 2 aromatic heterocycles. The number of hydrogen-bond donors (Lipinski definition) is 3. The number of aryl methyl sites for hydroxylation is 1. The lowest BCUT2D eigenvalue weighted by atomic mass is 10.1. The van der Waals surface area contributed by atoms with Gasteiger partial charge in [0.15, 0.2) is 11.4 Å². The molecule has 0 unspecified atom stereocenters. The number of pyridine rings is 2. The summed E-state index contributed by atoms with van der Waals surface area (Å²) in [4.78, 5) is 31.3. The fraction of sp³-hybridized carbons (Fsp3) is 0.111. The lowest BCUT2D eigenvalue weighted by Gasteiger charge is -2.11. The predicted octanol–water partition coefficient (Wildman–Crippen LogP) is 2.89. The summed E-state index contributed by atoms with van der Waals surface area (Å²) < 4.78 is 0.917. The van der Waals surface area contributed by atoms with Gasteiger partial charge in [-0.2, -0.15) is 0 Å². The van der Waals surface area contributed by atoms with Crippen molar-refractivity contribution in [3.05, 3.63) is 52.3 Å². The largest absolute Gasteiger partial charge is 0.505 e. The maximum absolute atomic E-state index is 12.1. The first kappa shape index (κ1) is 17.8. The summed E-state index contributed by atoms with van der Waals surface area (Å²) >= 11 is 3.42. The molecule has 3 aromatic rings. The van der Waals surface area contributed by atoms with Gasteiger partial charge >= 0.3 is 5.97 Å². The lowest BCUT2D eigenvalue weighted by Crippen LogP contribution is -2.30. The Labute approximate surface area is 156 Å². The summed E-state index contributed by atoms with van der Waals surface area (Å²) in [6, 6.07) is 11.0. The van der Waals surface area contributed by atoms with E-state index in [0.29, 0.717) is 22.3 Å². The Kier molecular flexibility index (Phi) is 4.85. The van der Waals surface area contributed by atoms with Gasteiger partial charge in [0.1, 0.15) is 6.54 Å². The molecule has 1 aromatic carbocycles. The molecule has 0 bridgehead atoms. The highest BCUT2D eigenvalue weighted by molar-refractivity contribution is 9.10. The van der Waals surface area contributed by atoms with Crippen LogP contribution in [0.2, 0.25) is 0 Å². The number of hydrogen-bond acceptors (Lipinski definition) is 5. The van der Waals surface area contributed by atoms with Gasteiger partial charge in [-0.1, -0.05) is 28.1 Å². The molecule has 0 aliphatic rings. The second-order valence-electron chi connectivity index (χ2n) is 5.57. The molecule has 26 heavy (non-hydrogen) atoms. The first-order valence-corrected chi connectivity index (χ1v) is 8.42. The number of carbonyl (C=O) groups excluding carboxylic acids is 1. The smallest absolute Gasteiger partial charge is 0.322 e. The van der Waals surface area contributed by atoms with E-state index in [2.05, 4.69) is 31.2 Å². The van der Waals surface area contributed by atoms with E-state index in [9.17, 15) is 14.7 Å². The van der Waals surface area contributed by atoms with E-state index in [1.807, 2.05) is 24.3 Å². The average Bonchev–Trinajstić information content (AvgIpc) is 2.62. The Morgan fingerprint density at radius 1 is 1.19 bits per heavy atom. The minimum atomic E-state index is -1.18. The molecule has 1 amide bonds. The highest BCUT2D eigenvalue weighted by Gasteiger charge is 2.19. The Hall–Kier alpha value is -3.00. The summed E-state index contributed by atoms with van der Waals surface area (Å²) in [5.74, 6) is -2.27. The molecule has 3 rings (SSSR count). The van der Waals surface area contributed by atoms with Crippen LogP contribution in [0.3, 0.4) is 0 Å². The number of amides is 1. The molecule has 132 valence electrons. The summed E-state index contributed by atoms with van der Waals surface area (Å²) in [5, 5.41) is 21.6. The summed E-state index contributed by atoms with van der Waals surface area (Å²) in [6.07, 6.45) is 0. The van der Waals surface area contributed by atoms with E-state index in [0.717, 1.165) is 10.0 Å². The van der Waals surface area contributed by atoms with Crippen molar-refractivity contribution in [2.45, 2.75) is 6.92 Å². The number of nitrogens with zero attached hydrogens (tertiary/aromatic N) is 2. The Balaban J connectivity index is 2.07. The second-order valence-corrected chi connectivity index (χ2v) is 6.49. The molecule has 0 aliphatic carbocycles. The van der Waals surface area contributed by atoms with Crippen molar-refractivity contribution in [1.29, 1.82) is 0 Å². The molecule has 2 heterocycles. The molecule has 0 atom stereocenters. The van der Waals surface area contributed by atoms with Crippen molar-refractivity contribution in [2.75, 3.05) is 6.54 Å². The second kappa shape index (κ2) is 7.09. The van der Waals surface area contributed by atoms with Crippen LogP contribution >= 0.6 is 15.9 Å². The van der Waals surface area contributed by atoms with Crippen LogP contribution in [-0.4, -0.2) is 38.6 Å². The van der Waals surface area contributed by atoms with Gasteiger partial charge in [0.25, 0.3) is 5.91 Å². The van der Waals surface area contributed by atoms with Gasteiger partial charge in [0, 0.05) is 15.4 Å². The van der Waals surface area contributed by atoms with Crippen LogP contribution in [0.25, 0.3) is 22.2 Å². The molecule has 3 N–H and O–H groups in total. The van der Waals surface area contributed by atoms with Crippen molar-refractivity contribution >= 4 is 38.7 Å². The molecule has 8 heteroatoms. The van der Waals surface area contributed by atoms with E-state index in [1.54, 1.807) is 19.1 Å². The van der Waals surface area contributed by atoms with Crippen LogP contribution < -0.4 is 5.32 Å². The Morgan fingerprint density at radius 2 is 1.96 bits per heavy atom. The SMILES string of the molecule is Cc1nc(C(=O)NCC(=O)O)c(O)c2ccc(-c3cccc(Br)c3)nc12. The van der Waals surface area contributed by atoms with Gasteiger partial charge in [-0.25, -0.2) is 9.97 Å². The van der Waals surface area contributed by atoms with Crippen LogP contribution in [0.5, 0.6) is 5.75 Å². The topological polar surface area (TPSA) is 112 Å². The van der Waals surface area contributed by atoms with E-state index < -0.39 is 18.4 Å². The third-order valence-electron chi connectivity index (χ3n) is 3.73. The zero-order valence-electron chi connectivity index (χ0n) is 13.7. The average molecular weight is 416 g/mol. The molecule has 0 fully saturated rings. The fourth-order valence-corrected chi connectivity index (χ4v) is 2.93. The number of rotatable bonds is 4. The highest BCUT2D eigenvalue weighted by atomic mass is 79.9. The standard InChI is InChI=1S/C18H14BrN3O4/c1-9-15-12(17(25)16(21-9)18(26)20-8-14(23)24)5-6-13(22-15)10-3-2-4-11(19)7-10/h2-7,25H,8H2,1H3,(H,20,26)(H,23,24). The molecule has 0 aliphatic heterocycles. The van der Waals surface area contributed by atoms with Crippen molar-refractivity contribution in [3.8, 4) is 17.0 Å². The quantitative estimate of drug-likeness (QED) is 0.603. The number of carboxylic acid groups (broad SMARTS) is 1. The van der Waals surface area contributed by atoms with Crippen LogP contribution in [0.4, 0.5) is 0 Å². The van der Waals surface area contributed by atoms with Gasteiger partial charge in [-0.05, 0) is 31.2 Å². The van der Waals surface area contributed by atoms with E-state index in [1.165, 1.54) is 0 Å². The van der Waals surface area contributed by atoms with Crippen molar-refractivity contribution in [3.63, 3.8) is 0 Å². The third-order valence-corrected chi connectivity index (χ3v) is 4.23. The Morgan fingerprint density at radius 3 is 2.65 bits per heavy atom. The first-order valence-electron chi connectivity index (χ1n) is 7.63. The molecule has 0 spiro atoms. The van der Waals surface area contributed by atoms with Crippen molar-refractivity contribution < 1.29 is 19.8 Å². The molecule has 0 saturated carbocycles. The lowest BCUT2D eigenvalue weighted by molar-refractivity contribution is -0.135. The van der Waals surface area contributed by atoms with Crippen LogP contribution in [0, 0.1) is 6.92 Å². The van der Waals surface area contributed by atoms with Gasteiger partial charge in [0.05, 0.1) is 16.9 Å². The first-order chi connectivity index (χ1) is 12.4. The zero-order valence-corrected chi connectivity index (χ0v) is 15.2. The number of nitrogens with one attached hydrogen (secondary N) is 1. The highest BCUT2D eigenvalue weighted by Crippen LogP contribution is 2.31. The van der Waals surface area contributed by atoms with Crippen molar-refractivity contribution in [1.82, 2.24) is 15.3 Å². The predicted molar refractivity (Wildman–Crippen MR) is 99.0 cm³/mol. The normalized spacial score (nSPS) is 10.7. The Bertz CT molecular complexity index is 1040. The maximum Gasteiger partial charge on any atom is 0.322 e. The zero-order chi connectivity index (χ0) is 18.8. The van der Waals surface area contributed by atoms with E-state index >= 15 is 0 Å². The van der Waals surface area contributed by atoms with Gasteiger partial charge < -0.3 is 15.5 Å². The molecular formula is C18H14BrN3O4. The minimum absolute atomic E-state index is 0.228. The number of aliphatic carboxylic acids is 1. The van der Waals surface area contributed by atoms with Gasteiger partial charge in [0.2, 0.25) is 0 Å². The van der Waals surface area contributed by atoms with Crippen LogP contribution in [0.1, 0.15) is 16.2 Å². The summed E-state index contributed by atoms with van der Waals surface area (Å²) in [6.45, 7) is 1.12. The van der Waals surface area contributed by atoms with Crippen molar-refractivity contribution in [2.24, 2.45) is 0 Å². The number of benzene rings is 1.